The van der Waals surface area contributed by atoms with E-state index in [1.807, 2.05) is 11.3 Å². The van der Waals surface area contributed by atoms with E-state index in [0.29, 0.717) is 11.8 Å². The van der Waals surface area contributed by atoms with Crippen molar-refractivity contribution < 1.29 is 0 Å². The van der Waals surface area contributed by atoms with Gasteiger partial charge in [0.2, 0.25) is 0 Å². The number of benzene rings is 1. The zero-order valence-electron chi connectivity index (χ0n) is 10.7. The quantitative estimate of drug-likeness (QED) is 0.860. The highest BCUT2D eigenvalue weighted by Gasteiger charge is 2.28. The molecular formula is C16H19NS. The van der Waals surface area contributed by atoms with E-state index in [4.69, 9.17) is 0 Å². The van der Waals surface area contributed by atoms with Crippen LogP contribution in [-0.4, -0.2) is 13.1 Å². The van der Waals surface area contributed by atoms with Crippen LogP contribution in [0.2, 0.25) is 0 Å². The van der Waals surface area contributed by atoms with Gasteiger partial charge in [-0.05, 0) is 36.9 Å². The van der Waals surface area contributed by atoms with Gasteiger partial charge in [0.25, 0.3) is 0 Å². The van der Waals surface area contributed by atoms with Crippen LogP contribution in [0.5, 0.6) is 0 Å². The van der Waals surface area contributed by atoms with Crippen molar-refractivity contribution in [3.63, 3.8) is 0 Å². The molecule has 0 aliphatic carbocycles. The summed E-state index contributed by atoms with van der Waals surface area (Å²) < 4.78 is 0. The summed E-state index contributed by atoms with van der Waals surface area (Å²) in [5.74, 6) is 1.31. The lowest BCUT2D eigenvalue weighted by molar-refractivity contribution is 0.408. The van der Waals surface area contributed by atoms with Crippen molar-refractivity contribution in [1.29, 1.82) is 0 Å². The average molecular weight is 257 g/mol. The highest BCUT2D eigenvalue weighted by Crippen LogP contribution is 2.39. The van der Waals surface area contributed by atoms with Crippen molar-refractivity contribution in [2.45, 2.75) is 25.2 Å². The standard InChI is InChI=1S/C16H19NS/c1-12-4-6-13(7-5-12)15-11-17-9-8-14(15)16-3-2-10-18-16/h2-7,10,14-15,17H,8-9,11H2,1H3. The number of hydrogen-bond acceptors (Lipinski definition) is 2. The van der Waals surface area contributed by atoms with Crippen LogP contribution in [0.3, 0.4) is 0 Å². The molecule has 0 bridgehead atoms. The first kappa shape index (κ1) is 11.9. The van der Waals surface area contributed by atoms with Crippen LogP contribution in [0.1, 0.15) is 34.3 Å². The number of nitrogens with one attached hydrogen (secondary N) is 1. The van der Waals surface area contributed by atoms with Gasteiger partial charge in [0.15, 0.2) is 0 Å². The molecule has 2 atom stereocenters. The first-order valence-electron chi connectivity index (χ1n) is 6.65. The normalized spacial score (nSPS) is 24.1. The maximum atomic E-state index is 3.54. The molecule has 2 unspecified atom stereocenters. The molecule has 2 heterocycles. The molecule has 94 valence electrons. The van der Waals surface area contributed by atoms with E-state index in [1.54, 1.807) is 4.88 Å². The van der Waals surface area contributed by atoms with Crippen molar-refractivity contribution in [3.8, 4) is 0 Å². The van der Waals surface area contributed by atoms with E-state index >= 15 is 0 Å². The fraction of sp³-hybridized carbons (Fsp3) is 0.375. The van der Waals surface area contributed by atoms with Crippen LogP contribution in [-0.2, 0) is 0 Å². The zero-order chi connectivity index (χ0) is 12.4. The molecule has 1 fully saturated rings. The Kier molecular flexibility index (Phi) is 3.48. The molecule has 1 aliphatic rings. The predicted molar refractivity (Wildman–Crippen MR) is 78.5 cm³/mol. The van der Waals surface area contributed by atoms with Gasteiger partial charge in [0, 0.05) is 23.3 Å². The van der Waals surface area contributed by atoms with Gasteiger partial charge in [-0.1, -0.05) is 35.9 Å². The van der Waals surface area contributed by atoms with Crippen LogP contribution in [0, 0.1) is 6.92 Å². The van der Waals surface area contributed by atoms with Crippen LogP contribution in [0.25, 0.3) is 0 Å². The first-order valence-corrected chi connectivity index (χ1v) is 7.53. The fourth-order valence-electron chi connectivity index (χ4n) is 2.87. The Hall–Kier alpha value is -1.12. The Morgan fingerprint density at radius 1 is 1.11 bits per heavy atom. The van der Waals surface area contributed by atoms with E-state index in [9.17, 15) is 0 Å². The van der Waals surface area contributed by atoms with Gasteiger partial charge in [-0.25, -0.2) is 0 Å². The van der Waals surface area contributed by atoms with Crippen molar-refractivity contribution in [2.75, 3.05) is 13.1 Å². The molecule has 1 N–H and O–H groups in total. The summed E-state index contributed by atoms with van der Waals surface area (Å²) in [5, 5.41) is 5.74. The molecule has 1 saturated heterocycles. The minimum Gasteiger partial charge on any atom is -0.316 e. The lowest BCUT2D eigenvalue weighted by Gasteiger charge is -2.32. The molecule has 3 rings (SSSR count). The molecule has 0 amide bonds. The van der Waals surface area contributed by atoms with Gasteiger partial charge in [-0.2, -0.15) is 0 Å². The largest absolute Gasteiger partial charge is 0.316 e. The number of hydrogen-bond donors (Lipinski definition) is 1. The summed E-state index contributed by atoms with van der Waals surface area (Å²) >= 11 is 1.90. The molecule has 0 saturated carbocycles. The van der Waals surface area contributed by atoms with Crippen molar-refractivity contribution >= 4 is 11.3 Å². The van der Waals surface area contributed by atoms with E-state index in [-0.39, 0.29) is 0 Å². The van der Waals surface area contributed by atoms with Gasteiger partial charge in [0.05, 0.1) is 0 Å². The second kappa shape index (κ2) is 5.25. The Bertz CT molecular complexity index is 486. The summed E-state index contributed by atoms with van der Waals surface area (Å²) in [6.07, 6.45) is 1.25. The van der Waals surface area contributed by atoms with Crippen LogP contribution in [0.15, 0.2) is 41.8 Å². The Balaban J connectivity index is 1.90. The Morgan fingerprint density at radius 3 is 2.67 bits per heavy atom. The molecule has 0 spiro atoms. The highest BCUT2D eigenvalue weighted by atomic mass is 32.1. The summed E-state index contributed by atoms with van der Waals surface area (Å²) in [6, 6.07) is 13.5. The first-order chi connectivity index (χ1) is 8.84. The SMILES string of the molecule is Cc1ccc(C2CNCCC2c2cccs2)cc1. The third-order valence-electron chi connectivity index (χ3n) is 3.90. The number of rotatable bonds is 2. The van der Waals surface area contributed by atoms with E-state index < -0.39 is 0 Å². The predicted octanol–water partition coefficient (Wildman–Crippen LogP) is 3.92. The van der Waals surface area contributed by atoms with E-state index in [1.165, 1.54) is 17.5 Å². The molecule has 18 heavy (non-hydrogen) atoms. The summed E-state index contributed by atoms with van der Waals surface area (Å²) in [6.45, 7) is 4.40. The van der Waals surface area contributed by atoms with Crippen LogP contribution in [0.4, 0.5) is 0 Å². The number of piperidine rings is 1. The molecule has 1 nitrogen and oxygen atoms in total. The molecule has 2 heteroatoms. The lowest BCUT2D eigenvalue weighted by atomic mass is 9.80. The van der Waals surface area contributed by atoms with Crippen molar-refractivity contribution in [2.24, 2.45) is 0 Å². The maximum absolute atomic E-state index is 3.54. The van der Waals surface area contributed by atoms with Gasteiger partial charge in [-0.15, -0.1) is 11.3 Å². The van der Waals surface area contributed by atoms with Gasteiger partial charge in [0.1, 0.15) is 0 Å². The molecule has 2 aromatic rings. The summed E-state index contributed by atoms with van der Waals surface area (Å²) in [7, 11) is 0. The second-order valence-electron chi connectivity index (χ2n) is 5.13. The van der Waals surface area contributed by atoms with E-state index in [0.717, 1.165) is 13.1 Å². The van der Waals surface area contributed by atoms with Crippen LogP contribution < -0.4 is 5.32 Å². The monoisotopic (exact) mass is 257 g/mol. The summed E-state index contributed by atoms with van der Waals surface area (Å²) in [4.78, 5) is 1.54. The third kappa shape index (κ3) is 2.36. The minimum absolute atomic E-state index is 0.623. The topological polar surface area (TPSA) is 12.0 Å². The number of aryl methyl sites for hydroxylation is 1. The summed E-state index contributed by atoms with van der Waals surface area (Å²) in [5.41, 5.74) is 2.82. The molecule has 1 aromatic carbocycles. The van der Waals surface area contributed by atoms with Crippen LogP contribution >= 0.6 is 11.3 Å². The second-order valence-corrected chi connectivity index (χ2v) is 6.11. The fourth-order valence-corrected chi connectivity index (χ4v) is 3.79. The average Bonchev–Trinajstić information content (AvgIpc) is 2.93. The van der Waals surface area contributed by atoms with Gasteiger partial charge in [-0.3, -0.25) is 0 Å². The van der Waals surface area contributed by atoms with Gasteiger partial charge >= 0.3 is 0 Å². The Labute approximate surface area is 113 Å². The lowest BCUT2D eigenvalue weighted by Crippen LogP contribution is -2.33. The molecule has 1 aliphatic heterocycles. The Morgan fingerprint density at radius 2 is 1.94 bits per heavy atom. The molecule has 1 aromatic heterocycles. The molecule has 0 radical (unpaired) electrons. The number of thiophene rings is 1. The highest BCUT2D eigenvalue weighted by molar-refractivity contribution is 7.10. The zero-order valence-corrected chi connectivity index (χ0v) is 11.5. The maximum Gasteiger partial charge on any atom is 0.00832 e. The smallest absolute Gasteiger partial charge is 0.00832 e. The third-order valence-corrected chi connectivity index (χ3v) is 4.90. The van der Waals surface area contributed by atoms with Crippen molar-refractivity contribution in [1.82, 2.24) is 5.32 Å². The van der Waals surface area contributed by atoms with E-state index in [2.05, 4.69) is 54.0 Å². The molecular weight excluding hydrogens is 238 g/mol. The van der Waals surface area contributed by atoms with Crippen molar-refractivity contribution in [3.05, 3.63) is 57.8 Å². The minimum atomic E-state index is 0.623. The van der Waals surface area contributed by atoms with Gasteiger partial charge < -0.3 is 5.32 Å².